The first-order valence-electron chi connectivity index (χ1n) is 10.9. The zero-order chi connectivity index (χ0) is 23.2. The number of benzene rings is 1. The zero-order valence-corrected chi connectivity index (χ0v) is 19.0. The van der Waals surface area contributed by atoms with E-state index in [9.17, 15) is 9.18 Å². The minimum absolute atomic E-state index is 0.0319. The summed E-state index contributed by atoms with van der Waals surface area (Å²) in [6.45, 7) is 5.82. The van der Waals surface area contributed by atoms with Crippen LogP contribution < -0.4 is 16.0 Å². The maximum Gasteiger partial charge on any atom is 0.229 e. The van der Waals surface area contributed by atoms with Gasteiger partial charge in [-0.15, -0.1) is 0 Å². The minimum Gasteiger partial charge on any atom is -0.385 e. The molecule has 3 N–H and O–H groups in total. The number of amides is 1. The fourth-order valence-electron chi connectivity index (χ4n) is 2.69. The third-order valence-electron chi connectivity index (χ3n) is 4.75. The molecule has 2 rings (SSSR count). The van der Waals surface area contributed by atoms with E-state index in [1.165, 1.54) is 12.1 Å². The highest BCUT2D eigenvalue weighted by molar-refractivity contribution is 5.78. The molecule has 7 nitrogen and oxygen atoms in total. The summed E-state index contributed by atoms with van der Waals surface area (Å²) >= 11 is 0. The molecule has 172 valence electrons. The largest absolute Gasteiger partial charge is 0.385 e. The average Bonchev–Trinajstić information content (AvgIpc) is 2.79. The van der Waals surface area contributed by atoms with E-state index >= 15 is 0 Å². The molecule has 0 saturated heterocycles. The van der Waals surface area contributed by atoms with Crippen molar-refractivity contribution in [2.24, 2.45) is 5.92 Å². The first kappa shape index (κ1) is 25.1. The highest BCUT2D eigenvalue weighted by atomic mass is 19.1. The van der Waals surface area contributed by atoms with Crippen molar-refractivity contribution in [3.8, 4) is 11.8 Å². The molecular formula is C24H32FN5O2. The number of rotatable bonds is 12. The number of methoxy groups -OCH3 is 1. The Hall–Kier alpha value is -3.18. The van der Waals surface area contributed by atoms with Crippen LogP contribution in [0.1, 0.15) is 45.1 Å². The Balaban J connectivity index is 2.00. The molecule has 0 aliphatic rings. The Morgan fingerprint density at radius 2 is 2.12 bits per heavy atom. The topological polar surface area (TPSA) is 88.2 Å². The Morgan fingerprint density at radius 3 is 2.88 bits per heavy atom. The Kier molecular flexibility index (Phi) is 11.0. The van der Waals surface area contributed by atoms with Gasteiger partial charge in [-0.3, -0.25) is 4.79 Å². The van der Waals surface area contributed by atoms with Crippen molar-refractivity contribution >= 4 is 23.4 Å². The Labute approximate surface area is 189 Å². The number of hydrogen-bond donors (Lipinski definition) is 3. The standard InChI is InChI=1S/C24H32FN5O2/c1-4-18(2)23(31)27-13-7-5-6-10-19-17-28-24(29-21-12-8-11-20(25)16-21)30-22(19)26-14-9-15-32-3/h8,11-12,16-18H,4-5,7,9,13-15H2,1-3H3,(H,27,31)(H2,26,28,29,30)/t18-/m1/s1. The summed E-state index contributed by atoms with van der Waals surface area (Å²) in [6, 6.07) is 6.12. The number of ether oxygens (including phenoxy) is 1. The summed E-state index contributed by atoms with van der Waals surface area (Å²) in [5.74, 6) is 6.96. The van der Waals surface area contributed by atoms with E-state index in [2.05, 4.69) is 37.8 Å². The van der Waals surface area contributed by atoms with Crippen molar-refractivity contribution in [1.29, 1.82) is 0 Å². The van der Waals surface area contributed by atoms with Gasteiger partial charge in [0.05, 0.1) is 11.8 Å². The van der Waals surface area contributed by atoms with Gasteiger partial charge in [0.15, 0.2) is 0 Å². The number of nitrogens with zero attached hydrogens (tertiary/aromatic N) is 2. The number of carbonyl (C=O) groups is 1. The van der Waals surface area contributed by atoms with E-state index < -0.39 is 0 Å². The highest BCUT2D eigenvalue weighted by Crippen LogP contribution is 2.18. The van der Waals surface area contributed by atoms with Gasteiger partial charge in [-0.25, -0.2) is 9.37 Å². The average molecular weight is 442 g/mol. The molecule has 0 saturated carbocycles. The summed E-state index contributed by atoms with van der Waals surface area (Å²) < 4.78 is 18.5. The van der Waals surface area contributed by atoms with Gasteiger partial charge in [-0.05, 0) is 37.5 Å². The molecule has 1 heterocycles. The van der Waals surface area contributed by atoms with Crippen LogP contribution in [-0.4, -0.2) is 42.7 Å². The van der Waals surface area contributed by atoms with Gasteiger partial charge in [0.2, 0.25) is 11.9 Å². The zero-order valence-electron chi connectivity index (χ0n) is 19.0. The lowest BCUT2D eigenvalue weighted by molar-refractivity contribution is -0.124. The molecule has 1 aromatic carbocycles. The number of nitrogens with one attached hydrogen (secondary N) is 3. The van der Waals surface area contributed by atoms with Crippen LogP contribution in [0.2, 0.25) is 0 Å². The second-order valence-electron chi connectivity index (χ2n) is 7.37. The van der Waals surface area contributed by atoms with Crippen LogP contribution in [0.3, 0.4) is 0 Å². The van der Waals surface area contributed by atoms with Crippen LogP contribution in [0.25, 0.3) is 0 Å². The van der Waals surface area contributed by atoms with E-state index in [4.69, 9.17) is 4.74 Å². The lowest BCUT2D eigenvalue weighted by Gasteiger charge is -2.10. The van der Waals surface area contributed by atoms with E-state index in [0.29, 0.717) is 49.1 Å². The van der Waals surface area contributed by atoms with Crippen LogP contribution in [-0.2, 0) is 9.53 Å². The van der Waals surface area contributed by atoms with Crippen LogP contribution in [0.5, 0.6) is 0 Å². The number of anilines is 3. The molecular weight excluding hydrogens is 409 g/mol. The van der Waals surface area contributed by atoms with Gasteiger partial charge in [-0.2, -0.15) is 4.98 Å². The third kappa shape index (κ3) is 8.90. The van der Waals surface area contributed by atoms with Crippen molar-refractivity contribution in [1.82, 2.24) is 15.3 Å². The van der Waals surface area contributed by atoms with E-state index in [1.54, 1.807) is 25.4 Å². The summed E-state index contributed by atoms with van der Waals surface area (Å²) in [5.41, 5.74) is 1.24. The van der Waals surface area contributed by atoms with Gasteiger partial charge >= 0.3 is 0 Å². The van der Waals surface area contributed by atoms with E-state index in [0.717, 1.165) is 19.3 Å². The molecule has 1 aromatic heterocycles. The number of halogens is 1. The molecule has 1 amide bonds. The van der Waals surface area contributed by atoms with E-state index in [1.807, 2.05) is 13.8 Å². The van der Waals surface area contributed by atoms with Crippen molar-refractivity contribution in [3.63, 3.8) is 0 Å². The summed E-state index contributed by atoms with van der Waals surface area (Å²) in [5, 5.41) is 9.20. The predicted molar refractivity (Wildman–Crippen MR) is 125 cm³/mol. The molecule has 1 atom stereocenters. The fourth-order valence-corrected chi connectivity index (χ4v) is 2.69. The molecule has 0 aliphatic carbocycles. The van der Waals surface area contributed by atoms with Gasteiger partial charge in [-0.1, -0.05) is 31.8 Å². The van der Waals surface area contributed by atoms with Crippen molar-refractivity contribution in [3.05, 3.63) is 41.8 Å². The number of carbonyl (C=O) groups excluding carboxylic acids is 1. The quantitative estimate of drug-likeness (QED) is 0.340. The lowest BCUT2D eigenvalue weighted by atomic mass is 10.1. The monoisotopic (exact) mass is 441 g/mol. The van der Waals surface area contributed by atoms with Crippen LogP contribution in [0.15, 0.2) is 30.5 Å². The van der Waals surface area contributed by atoms with Crippen LogP contribution in [0, 0.1) is 23.6 Å². The Morgan fingerprint density at radius 1 is 1.28 bits per heavy atom. The maximum absolute atomic E-state index is 13.4. The summed E-state index contributed by atoms with van der Waals surface area (Å²) in [4.78, 5) is 20.6. The molecule has 8 heteroatoms. The van der Waals surface area contributed by atoms with Gasteiger partial charge < -0.3 is 20.7 Å². The first-order valence-corrected chi connectivity index (χ1v) is 10.9. The first-order chi connectivity index (χ1) is 15.5. The minimum atomic E-state index is -0.337. The van der Waals surface area contributed by atoms with Crippen molar-refractivity contribution < 1.29 is 13.9 Å². The molecule has 0 bridgehead atoms. The fraction of sp³-hybridized carbons (Fsp3) is 0.458. The van der Waals surface area contributed by atoms with Crippen molar-refractivity contribution in [2.45, 2.75) is 39.5 Å². The highest BCUT2D eigenvalue weighted by Gasteiger charge is 2.09. The Bertz CT molecular complexity index is 926. The maximum atomic E-state index is 13.4. The summed E-state index contributed by atoms with van der Waals surface area (Å²) in [6.07, 6.45) is 4.70. The number of aromatic nitrogens is 2. The molecule has 0 fully saturated rings. The summed E-state index contributed by atoms with van der Waals surface area (Å²) in [7, 11) is 1.66. The molecule has 0 spiro atoms. The second kappa shape index (κ2) is 14.0. The van der Waals surface area contributed by atoms with Crippen molar-refractivity contribution in [2.75, 3.05) is 37.4 Å². The molecule has 32 heavy (non-hydrogen) atoms. The number of unbranched alkanes of at least 4 members (excludes halogenated alkanes) is 1. The lowest BCUT2D eigenvalue weighted by Crippen LogP contribution is -2.29. The SMILES string of the molecule is CC[C@@H](C)C(=O)NCCCC#Cc1cnc(Nc2cccc(F)c2)nc1NCCCOC. The van der Waals surface area contributed by atoms with Crippen LogP contribution in [0.4, 0.5) is 21.8 Å². The predicted octanol–water partition coefficient (Wildman–Crippen LogP) is 4.10. The normalized spacial score (nSPS) is 11.2. The van der Waals surface area contributed by atoms with Gasteiger partial charge in [0, 0.05) is 44.8 Å². The molecule has 2 aromatic rings. The van der Waals surface area contributed by atoms with Gasteiger partial charge in [0.1, 0.15) is 11.6 Å². The molecule has 0 radical (unpaired) electrons. The van der Waals surface area contributed by atoms with Gasteiger partial charge in [0.25, 0.3) is 0 Å². The molecule has 0 aliphatic heterocycles. The second-order valence-corrected chi connectivity index (χ2v) is 7.37. The number of hydrogen-bond acceptors (Lipinski definition) is 6. The smallest absolute Gasteiger partial charge is 0.229 e. The molecule has 0 unspecified atom stereocenters. The van der Waals surface area contributed by atoms with Crippen LogP contribution >= 0.6 is 0 Å². The third-order valence-corrected chi connectivity index (χ3v) is 4.75. The van der Waals surface area contributed by atoms with E-state index in [-0.39, 0.29) is 17.6 Å².